The van der Waals surface area contributed by atoms with Gasteiger partial charge in [0.2, 0.25) is 5.91 Å². The lowest BCUT2D eigenvalue weighted by molar-refractivity contribution is -0.119. The summed E-state index contributed by atoms with van der Waals surface area (Å²) in [6, 6.07) is 0.383. The molecule has 1 heterocycles. The lowest BCUT2D eigenvalue weighted by Gasteiger charge is -2.10. The molecule has 0 saturated carbocycles. The number of carbonyl (C=O) groups excluding carboxylic acids is 1. The molecule has 0 aromatic rings. The zero-order chi connectivity index (χ0) is 9.52. The van der Waals surface area contributed by atoms with E-state index in [2.05, 4.69) is 17.6 Å². The summed E-state index contributed by atoms with van der Waals surface area (Å²) in [5, 5.41) is 6.31. The Bertz CT molecular complexity index is 159. The zero-order valence-electron chi connectivity index (χ0n) is 8.44. The van der Waals surface area contributed by atoms with Crippen LogP contribution in [0.2, 0.25) is 0 Å². The van der Waals surface area contributed by atoms with Gasteiger partial charge in [-0.05, 0) is 19.4 Å². The Morgan fingerprint density at radius 2 is 2.38 bits per heavy atom. The van der Waals surface area contributed by atoms with E-state index in [1.54, 1.807) is 0 Å². The van der Waals surface area contributed by atoms with Crippen LogP contribution in [0.15, 0.2) is 0 Å². The molecule has 3 heteroatoms. The summed E-state index contributed by atoms with van der Waals surface area (Å²) in [5.74, 6) is 0.209. The van der Waals surface area contributed by atoms with Gasteiger partial charge in [-0.15, -0.1) is 0 Å². The molecular weight excluding hydrogens is 164 g/mol. The fraction of sp³-hybridized carbons (Fsp3) is 0.900. The van der Waals surface area contributed by atoms with E-state index >= 15 is 0 Å². The van der Waals surface area contributed by atoms with Gasteiger partial charge in [0.25, 0.3) is 0 Å². The number of rotatable bonds is 6. The first-order chi connectivity index (χ1) is 6.33. The summed E-state index contributed by atoms with van der Waals surface area (Å²) in [7, 11) is 0. The van der Waals surface area contributed by atoms with Gasteiger partial charge in [0, 0.05) is 19.0 Å². The first-order valence-corrected chi connectivity index (χ1v) is 5.33. The normalized spacial score (nSPS) is 21.9. The Balaban J connectivity index is 1.91. The minimum Gasteiger partial charge on any atom is -0.352 e. The predicted octanol–water partition coefficient (Wildman–Crippen LogP) is 1.04. The third-order valence-corrected chi connectivity index (χ3v) is 2.43. The van der Waals surface area contributed by atoms with Gasteiger partial charge in [-0.25, -0.2) is 0 Å². The van der Waals surface area contributed by atoms with E-state index in [0.29, 0.717) is 12.5 Å². The second-order valence-electron chi connectivity index (χ2n) is 3.71. The van der Waals surface area contributed by atoms with Crippen LogP contribution in [0, 0.1) is 0 Å². The van der Waals surface area contributed by atoms with Crippen molar-refractivity contribution in [1.82, 2.24) is 10.6 Å². The molecule has 2 N–H and O–H groups in total. The molecule has 0 spiro atoms. The quantitative estimate of drug-likeness (QED) is 0.606. The summed E-state index contributed by atoms with van der Waals surface area (Å²) in [4.78, 5) is 10.8. The highest BCUT2D eigenvalue weighted by Gasteiger charge is 2.19. The van der Waals surface area contributed by atoms with Crippen LogP contribution < -0.4 is 10.6 Å². The number of nitrogens with one attached hydrogen (secondary N) is 2. The standard InChI is InChI=1S/C10H20N2O/c1-2-3-4-7-11-8-9-5-6-10(13)12-9/h9,11H,2-8H2,1H3,(H,12,13). The molecule has 0 radical (unpaired) electrons. The summed E-state index contributed by atoms with van der Waals surface area (Å²) >= 11 is 0. The Labute approximate surface area is 80.3 Å². The number of carbonyl (C=O) groups is 1. The van der Waals surface area contributed by atoms with E-state index in [4.69, 9.17) is 0 Å². The van der Waals surface area contributed by atoms with Crippen molar-refractivity contribution in [2.24, 2.45) is 0 Å². The minimum atomic E-state index is 0.209. The number of unbranched alkanes of at least 4 members (excludes halogenated alkanes) is 2. The molecule has 0 aromatic carbocycles. The molecule has 0 aromatic heterocycles. The lowest BCUT2D eigenvalue weighted by Crippen LogP contribution is -2.35. The van der Waals surface area contributed by atoms with Gasteiger partial charge in [0.05, 0.1) is 0 Å². The third-order valence-electron chi connectivity index (χ3n) is 2.43. The number of hydrogen-bond donors (Lipinski definition) is 2. The molecule has 1 unspecified atom stereocenters. The van der Waals surface area contributed by atoms with Crippen LogP contribution in [0.1, 0.15) is 39.0 Å². The third kappa shape index (κ3) is 4.27. The largest absolute Gasteiger partial charge is 0.352 e. The first kappa shape index (κ1) is 10.5. The molecule has 1 rings (SSSR count). The average molecular weight is 184 g/mol. The van der Waals surface area contributed by atoms with Crippen molar-refractivity contribution in [2.75, 3.05) is 13.1 Å². The van der Waals surface area contributed by atoms with Crippen molar-refractivity contribution >= 4 is 5.91 Å². The van der Waals surface area contributed by atoms with Crippen LogP contribution in [0.25, 0.3) is 0 Å². The number of hydrogen-bond acceptors (Lipinski definition) is 2. The van der Waals surface area contributed by atoms with Crippen molar-refractivity contribution < 1.29 is 4.79 Å². The topological polar surface area (TPSA) is 41.1 Å². The monoisotopic (exact) mass is 184 g/mol. The van der Waals surface area contributed by atoms with Crippen LogP contribution in [-0.4, -0.2) is 25.0 Å². The second-order valence-corrected chi connectivity index (χ2v) is 3.71. The van der Waals surface area contributed by atoms with E-state index in [1.807, 2.05) is 0 Å². The molecule has 1 saturated heterocycles. The predicted molar refractivity (Wildman–Crippen MR) is 53.6 cm³/mol. The van der Waals surface area contributed by atoms with Gasteiger partial charge < -0.3 is 10.6 Å². The Kier molecular flexibility index (Phi) is 4.83. The van der Waals surface area contributed by atoms with Crippen LogP contribution in [0.5, 0.6) is 0 Å². The highest BCUT2D eigenvalue weighted by atomic mass is 16.1. The van der Waals surface area contributed by atoms with E-state index in [9.17, 15) is 4.79 Å². The van der Waals surface area contributed by atoms with Crippen molar-refractivity contribution in [3.63, 3.8) is 0 Å². The highest BCUT2D eigenvalue weighted by molar-refractivity contribution is 5.78. The van der Waals surface area contributed by atoms with Crippen LogP contribution in [0.3, 0.4) is 0 Å². The lowest BCUT2D eigenvalue weighted by atomic mass is 10.2. The molecule has 0 aliphatic carbocycles. The maximum absolute atomic E-state index is 10.8. The molecule has 76 valence electrons. The van der Waals surface area contributed by atoms with Crippen molar-refractivity contribution in [3.8, 4) is 0 Å². The van der Waals surface area contributed by atoms with Crippen LogP contribution in [-0.2, 0) is 4.79 Å². The molecule has 1 fully saturated rings. The molecule has 1 aliphatic rings. The van der Waals surface area contributed by atoms with Gasteiger partial charge in [-0.3, -0.25) is 4.79 Å². The average Bonchev–Trinajstić information content (AvgIpc) is 2.51. The van der Waals surface area contributed by atoms with Crippen LogP contribution in [0.4, 0.5) is 0 Å². The zero-order valence-corrected chi connectivity index (χ0v) is 8.44. The maximum Gasteiger partial charge on any atom is 0.220 e. The van der Waals surface area contributed by atoms with Gasteiger partial charge >= 0.3 is 0 Å². The van der Waals surface area contributed by atoms with Gasteiger partial charge in [0.1, 0.15) is 0 Å². The molecule has 3 nitrogen and oxygen atoms in total. The minimum absolute atomic E-state index is 0.209. The Morgan fingerprint density at radius 3 is 3.00 bits per heavy atom. The Hall–Kier alpha value is -0.570. The van der Waals surface area contributed by atoms with Crippen LogP contribution >= 0.6 is 0 Å². The molecular formula is C10H20N2O. The van der Waals surface area contributed by atoms with E-state index in [0.717, 1.165) is 19.5 Å². The van der Waals surface area contributed by atoms with Crippen molar-refractivity contribution in [3.05, 3.63) is 0 Å². The highest BCUT2D eigenvalue weighted by Crippen LogP contribution is 2.04. The SMILES string of the molecule is CCCCCNCC1CCC(=O)N1. The van der Waals surface area contributed by atoms with Gasteiger partial charge in [-0.1, -0.05) is 19.8 Å². The first-order valence-electron chi connectivity index (χ1n) is 5.33. The summed E-state index contributed by atoms with van der Waals surface area (Å²) < 4.78 is 0. The maximum atomic E-state index is 10.8. The second kappa shape index (κ2) is 5.97. The fourth-order valence-corrected chi connectivity index (χ4v) is 1.61. The summed E-state index contributed by atoms with van der Waals surface area (Å²) in [6.45, 7) is 4.23. The summed E-state index contributed by atoms with van der Waals surface area (Å²) in [6.07, 6.45) is 5.52. The molecule has 1 aliphatic heterocycles. The van der Waals surface area contributed by atoms with Crippen molar-refractivity contribution in [1.29, 1.82) is 0 Å². The Morgan fingerprint density at radius 1 is 1.54 bits per heavy atom. The molecule has 13 heavy (non-hydrogen) atoms. The van der Waals surface area contributed by atoms with Crippen molar-refractivity contribution in [2.45, 2.75) is 45.1 Å². The molecule has 0 bridgehead atoms. The van der Waals surface area contributed by atoms with Gasteiger partial charge in [0.15, 0.2) is 0 Å². The van der Waals surface area contributed by atoms with Gasteiger partial charge in [-0.2, -0.15) is 0 Å². The van der Waals surface area contributed by atoms with E-state index in [1.165, 1.54) is 19.3 Å². The summed E-state index contributed by atoms with van der Waals surface area (Å²) in [5.41, 5.74) is 0. The fourth-order valence-electron chi connectivity index (χ4n) is 1.61. The number of amides is 1. The van der Waals surface area contributed by atoms with E-state index in [-0.39, 0.29) is 5.91 Å². The molecule has 1 amide bonds. The smallest absolute Gasteiger partial charge is 0.220 e. The van der Waals surface area contributed by atoms with E-state index < -0.39 is 0 Å². The molecule has 1 atom stereocenters.